The lowest BCUT2D eigenvalue weighted by molar-refractivity contribution is 0.0696. The second-order valence-corrected chi connectivity index (χ2v) is 3.48. The van der Waals surface area contributed by atoms with Gasteiger partial charge in [0.15, 0.2) is 0 Å². The van der Waals surface area contributed by atoms with E-state index >= 15 is 0 Å². The Morgan fingerprint density at radius 3 is 2.71 bits per heavy atom. The van der Waals surface area contributed by atoms with Crippen LogP contribution in [0, 0.1) is 5.82 Å². The van der Waals surface area contributed by atoms with E-state index < -0.39 is 11.8 Å². The van der Waals surface area contributed by atoms with Gasteiger partial charge in [-0.2, -0.15) is 0 Å². The summed E-state index contributed by atoms with van der Waals surface area (Å²) < 4.78 is 13.0. The highest BCUT2D eigenvalue weighted by molar-refractivity contribution is 5.89. The zero-order chi connectivity index (χ0) is 12.4. The maximum Gasteiger partial charge on any atom is 0.337 e. The van der Waals surface area contributed by atoms with E-state index in [1.165, 1.54) is 30.5 Å². The number of carboxylic acids is 1. The van der Waals surface area contributed by atoms with Crippen LogP contribution in [-0.4, -0.2) is 16.1 Å². The van der Waals surface area contributed by atoms with Gasteiger partial charge >= 0.3 is 5.97 Å². The minimum atomic E-state index is -1.10. The molecule has 0 unspecified atom stereocenters. The molecule has 0 amide bonds. The molecule has 0 radical (unpaired) electrons. The van der Waals surface area contributed by atoms with Crippen LogP contribution in [0.25, 0.3) is 11.3 Å². The van der Waals surface area contributed by atoms with Crippen molar-refractivity contribution in [2.45, 2.75) is 0 Å². The van der Waals surface area contributed by atoms with Crippen LogP contribution in [0.5, 0.6) is 0 Å². The smallest absolute Gasteiger partial charge is 0.337 e. The minimum Gasteiger partial charge on any atom is -0.478 e. The van der Waals surface area contributed by atoms with Crippen LogP contribution in [0.1, 0.15) is 10.4 Å². The fraction of sp³-hybridized carbons (Fsp3) is 0. The number of nitrogens with two attached hydrogens (primary N) is 1. The van der Waals surface area contributed by atoms with Gasteiger partial charge in [0.25, 0.3) is 0 Å². The Morgan fingerprint density at radius 1 is 1.35 bits per heavy atom. The van der Waals surface area contributed by atoms with Gasteiger partial charge in [-0.3, -0.25) is 4.98 Å². The third-order valence-corrected chi connectivity index (χ3v) is 2.26. The highest BCUT2D eigenvalue weighted by Crippen LogP contribution is 2.24. The Kier molecular flexibility index (Phi) is 2.74. The number of rotatable bonds is 2. The van der Waals surface area contributed by atoms with Gasteiger partial charge in [0.1, 0.15) is 5.82 Å². The number of anilines is 1. The second-order valence-electron chi connectivity index (χ2n) is 3.48. The van der Waals surface area contributed by atoms with Crippen LogP contribution >= 0.6 is 0 Å². The molecule has 1 aromatic carbocycles. The number of carboxylic acid groups (broad SMARTS) is 1. The van der Waals surface area contributed by atoms with Crippen molar-refractivity contribution in [3.05, 3.63) is 47.9 Å². The number of halogens is 1. The molecule has 1 aromatic heterocycles. The molecule has 17 heavy (non-hydrogen) atoms. The number of benzene rings is 1. The third-order valence-electron chi connectivity index (χ3n) is 2.26. The number of pyridine rings is 1. The number of hydrogen-bond acceptors (Lipinski definition) is 3. The summed E-state index contributed by atoms with van der Waals surface area (Å²) in [5.74, 6) is -1.50. The Morgan fingerprint density at radius 2 is 2.12 bits per heavy atom. The van der Waals surface area contributed by atoms with Gasteiger partial charge in [0.2, 0.25) is 0 Å². The normalized spacial score (nSPS) is 10.2. The molecule has 0 saturated heterocycles. The number of aromatic carboxylic acids is 1. The van der Waals surface area contributed by atoms with E-state index in [0.717, 1.165) is 0 Å². The average Bonchev–Trinajstić information content (AvgIpc) is 2.28. The lowest BCUT2D eigenvalue weighted by Gasteiger charge is -2.05. The van der Waals surface area contributed by atoms with E-state index in [0.29, 0.717) is 11.3 Å². The first-order valence-electron chi connectivity index (χ1n) is 4.82. The number of carbonyl (C=O) groups is 1. The first-order valence-corrected chi connectivity index (χ1v) is 4.82. The maximum atomic E-state index is 13.0. The van der Waals surface area contributed by atoms with Crippen molar-refractivity contribution in [1.82, 2.24) is 4.98 Å². The molecular weight excluding hydrogens is 223 g/mol. The molecule has 2 aromatic rings. The summed E-state index contributed by atoms with van der Waals surface area (Å²) in [4.78, 5) is 14.6. The number of hydrogen-bond donors (Lipinski definition) is 2. The SMILES string of the molecule is Nc1cc(C(=O)O)cnc1-c1cccc(F)c1. The van der Waals surface area contributed by atoms with Crippen LogP contribution in [0.15, 0.2) is 36.5 Å². The maximum absolute atomic E-state index is 13.0. The Hall–Kier alpha value is -2.43. The van der Waals surface area contributed by atoms with Crippen LogP contribution < -0.4 is 5.73 Å². The topological polar surface area (TPSA) is 76.2 Å². The molecule has 0 spiro atoms. The lowest BCUT2D eigenvalue weighted by atomic mass is 10.1. The quantitative estimate of drug-likeness (QED) is 0.831. The molecule has 0 bridgehead atoms. The molecule has 0 aliphatic rings. The van der Waals surface area contributed by atoms with Crippen LogP contribution in [-0.2, 0) is 0 Å². The minimum absolute atomic E-state index is 0.00246. The van der Waals surface area contributed by atoms with Crippen molar-refractivity contribution in [3.8, 4) is 11.3 Å². The first kappa shape index (κ1) is 11.1. The van der Waals surface area contributed by atoms with E-state index in [2.05, 4.69) is 4.98 Å². The molecule has 0 fully saturated rings. The molecule has 86 valence electrons. The van der Waals surface area contributed by atoms with Gasteiger partial charge in [-0.05, 0) is 18.2 Å². The summed E-state index contributed by atoms with van der Waals surface area (Å²) in [6.07, 6.45) is 1.19. The van der Waals surface area contributed by atoms with Gasteiger partial charge < -0.3 is 10.8 Å². The standard InChI is InChI=1S/C12H9FN2O2/c13-9-3-1-2-7(4-9)11-10(14)5-8(6-15-11)12(16)17/h1-6H,14H2,(H,16,17). The summed E-state index contributed by atoms with van der Waals surface area (Å²) in [5.41, 5.74) is 6.78. The second kappa shape index (κ2) is 4.21. The number of aromatic nitrogens is 1. The molecule has 4 nitrogen and oxygen atoms in total. The van der Waals surface area contributed by atoms with Gasteiger partial charge in [-0.25, -0.2) is 9.18 Å². The van der Waals surface area contributed by atoms with Gasteiger partial charge in [0.05, 0.1) is 16.9 Å². The van der Waals surface area contributed by atoms with Crippen molar-refractivity contribution in [1.29, 1.82) is 0 Å². The highest BCUT2D eigenvalue weighted by Gasteiger charge is 2.09. The zero-order valence-corrected chi connectivity index (χ0v) is 8.72. The van der Waals surface area contributed by atoms with Gasteiger partial charge in [0, 0.05) is 11.8 Å². The molecule has 2 rings (SSSR count). The van der Waals surface area contributed by atoms with Crippen LogP contribution in [0.2, 0.25) is 0 Å². The van der Waals surface area contributed by atoms with E-state index in [4.69, 9.17) is 10.8 Å². The number of nitrogens with zero attached hydrogens (tertiary/aromatic N) is 1. The molecular formula is C12H9FN2O2. The van der Waals surface area contributed by atoms with Crippen molar-refractivity contribution in [3.63, 3.8) is 0 Å². The summed E-state index contributed by atoms with van der Waals surface area (Å²) in [7, 11) is 0. The largest absolute Gasteiger partial charge is 0.478 e. The predicted octanol–water partition coefficient (Wildman–Crippen LogP) is 2.17. The van der Waals surface area contributed by atoms with Crippen molar-refractivity contribution >= 4 is 11.7 Å². The number of nitrogen functional groups attached to an aromatic ring is 1. The van der Waals surface area contributed by atoms with Crippen LogP contribution in [0.4, 0.5) is 10.1 Å². The molecule has 0 atom stereocenters. The summed E-state index contributed by atoms with van der Waals surface area (Å²) >= 11 is 0. The van der Waals surface area contributed by atoms with Crippen molar-refractivity contribution in [2.75, 3.05) is 5.73 Å². The van der Waals surface area contributed by atoms with Crippen molar-refractivity contribution in [2.24, 2.45) is 0 Å². The summed E-state index contributed by atoms with van der Waals surface area (Å²) in [6.45, 7) is 0. The van der Waals surface area contributed by atoms with E-state index in [1.54, 1.807) is 6.07 Å². The van der Waals surface area contributed by atoms with Gasteiger partial charge in [-0.1, -0.05) is 12.1 Å². The lowest BCUT2D eigenvalue weighted by Crippen LogP contribution is -2.01. The van der Waals surface area contributed by atoms with E-state index in [-0.39, 0.29) is 11.3 Å². The fourth-order valence-corrected chi connectivity index (χ4v) is 1.48. The Bertz CT molecular complexity index is 584. The first-order chi connectivity index (χ1) is 8.08. The molecule has 3 N–H and O–H groups in total. The van der Waals surface area contributed by atoms with E-state index in [1.807, 2.05) is 0 Å². The van der Waals surface area contributed by atoms with Crippen molar-refractivity contribution < 1.29 is 14.3 Å². The molecule has 0 aliphatic heterocycles. The monoisotopic (exact) mass is 232 g/mol. The third kappa shape index (κ3) is 2.23. The summed E-state index contributed by atoms with van der Waals surface area (Å²) in [5, 5.41) is 8.76. The Labute approximate surface area is 96.5 Å². The molecule has 0 saturated carbocycles. The van der Waals surface area contributed by atoms with E-state index in [9.17, 15) is 9.18 Å². The highest BCUT2D eigenvalue weighted by atomic mass is 19.1. The predicted molar refractivity (Wildman–Crippen MR) is 61.0 cm³/mol. The van der Waals surface area contributed by atoms with Crippen LogP contribution in [0.3, 0.4) is 0 Å². The molecule has 1 heterocycles. The molecule has 5 heteroatoms. The average molecular weight is 232 g/mol. The zero-order valence-electron chi connectivity index (χ0n) is 8.72. The summed E-state index contributed by atoms with van der Waals surface area (Å²) in [6, 6.07) is 7.10. The fourth-order valence-electron chi connectivity index (χ4n) is 1.48. The van der Waals surface area contributed by atoms with Gasteiger partial charge in [-0.15, -0.1) is 0 Å². The molecule has 0 aliphatic carbocycles. The Balaban J connectivity index is 2.50.